The number of aliphatic hydroxyl groups excluding tert-OH is 1. The van der Waals surface area contributed by atoms with E-state index in [1.54, 1.807) is 61.7 Å². The van der Waals surface area contributed by atoms with E-state index in [1.807, 2.05) is 19.9 Å². The number of rotatable bonds is 10. The fraction of sp³-hybridized carbons (Fsp3) is 0.219. The number of carbonyl (C=O) groups is 2. The van der Waals surface area contributed by atoms with Crippen LogP contribution in [0.15, 0.2) is 76.4 Å². The summed E-state index contributed by atoms with van der Waals surface area (Å²) in [5.41, 5.74) is 1.38. The second kappa shape index (κ2) is 11.3. The molecule has 1 N–H and O–H groups in total. The van der Waals surface area contributed by atoms with Gasteiger partial charge in [-0.1, -0.05) is 29.5 Å². The molecule has 0 fully saturated rings. The summed E-state index contributed by atoms with van der Waals surface area (Å²) in [6, 6.07) is 16.4. The van der Waals surface area contributed by atoms with Crippen molar-refractivity contribution >= 4 is 49.3 Å². The number of para-hydroxylation sites is 1. The number of thiazole rings is 1. The maximum Gasteiger partial charge on any atom is 0.296 e. The van der Waals surface area contributed by atoms with Crippen molar-refractivity contribution in [2.24, 2.45) is 0 Å². The maximum atomic E-state index is 14.1. The topological polar surface area (TPSA) is 121 Å². The molecule has 0 saturated heterocycles. The Bertz CT molecular complexity index is 1910. The Kier molecular flexibility index (Phi) is 7.41. The van der Waals surface area contributed by atoms with Gasteiger partial charge in [0.2, 0.25) is 5.78 Å². The van der Waals surface area contributed by atoms with Gasteiger partial charge >= 0.3 is 0 Å². The predicted octanol–water partition coefficient (Wildman–Crippen LogP) is 6.64. The third-order valence-corrected chi connectivity index (χ3v) is 8.10. The number of anilines is 1. The molecule has 0 bridgehead atoms. The van der Waals surface area contributed by atoms with Crippen molar-refractivity contribution in [3.63, 3.8) is 0 Å². The number of carbonyl (C=O) groups excluding carboxylic acids is 2. The van der Waals surface area contributed by atoms with E-state index in [9.17, 15) is 14.7 Å². The summed E-state index contributed by atoms with van der Waals surface area (Å²) in [6.07, 6.45) is 0. The van der Waals surface area contributed by atoms with Crippen molar-refractivity contribution < 1.29 is 38.1 Å². The molecule has 0 saturated carbocycles. The zero-order valence-corrected chi connectivity index (χ0v) is 24.7. The highest BCUT2D eigenvalue weighted by molar-refractivity contribution is 7.22. The number of methoxy groups -OCH3 is 2. The number of Topliss-reactive ketones (excluding diaryl/α,β-unsaturated/α-hetero) is 1. The first kappa shape index (κ1) is 28.1. The van der Waals surface area contributed by atoms with Gasteiger partial charge in [0.15, 0.2) is 39.5 Å². The van der Waals surface area contributed by atoms with Crippen molar-refractivity contribution in [2.75, 3.05) is 32.3 Å². The van der Waals surface area contributed by atoms with Crippen molar-refractivity contribution in [1.82, 2.24) is 4.98 Å². The van der Waals surface area contributed by atoms with Crippen LogP contribution in [0.25, 0.3) is 21.2 Å². The second-order valence-electron chi connectivity index (χ2n) is 9.56. The molecule has 220 valence electrons. The number of amides is 1. The van der Waals surface area contributed by atoms with Crippen molar-refractivity contribution in [3.8, 4) is 23.0 Å². The molecule has 0 radical (unpaired) electrons. The quantitative estimate of drug-likeness (QED) is 0.176. The minimum Gasteiger partial charge on any atom is -0.503 e. The largest absolute Gasteiger partial charge is 0.503 e. The lowest BCUT2D eigenvalue weighted by molar-refractivity contribution is -0.117. The van der Waals surface area contributed by atoms with Crippen LogP contribution in [0.4, 0.5) is 5.13 Å². The van der Waals surface area contributed by atoms with Gasteiger partial charge in [-0.25, -0.2) is 4.98 Å². The lowest BCUT2D eigenvalue weighted by Crippen LogP contribution is -2.31. The first-order valence-electron chi connectivity index (χ1n) is 13.6. The molecule has 2 aromatic heterocycles. The highest BCUT2D eigenvalue weighted by Crippen LogP contribution is 2.46. The van der Waals surface area contributed by atoms with Gasteiger partial charge < -0.3 is 28.5 Å². The van der Waals surface area contributed by atoms with Gasteiger partial charge in [-0.05, 0) is 61.9 Å². The Labute approximate surface area is 250 Å². The van der Waals surface area contributed by atoms with Crippen LogP contribution < -0.4 is 23.8 Å². The number of fused-ring (bicyclic) bond motifs is 2. The first-order chi connectivity index (χ1) is 20.9. The van der Waals surface area contributed by atoms with Crippen LogP contribution in [-0.2, 0) is 4.79 Å². The molecule has 1 aliphatic heterocycles. The van der Waals surface area contributed by atoms with Crippen LogP contribution in [0.3, 0.4) is 0 Å². The van der Waals surface area contributed by atoms with Crippen LogP contribution in [0.1, 0.15) is 36.0 Å². The van der Waals surface area contributed by atoms with Gasteiger partial charge in [-0.2, -0.15) is 0 Å². The number of hydrogen-bond donors (Lipinski definition) is 1. The van der Waals surface area contributed by atoms with Crippen molar-refractivity contribution in [3.05, 3.63) is 83.3 Å². The number of ketones is 1. The van der Waals surface area contributed by atoms with Gasteiger partial charge in [0.1, 0.15) is 5.75 Å². The summed E-state index contributed by atoms with van der Waals surface area (Å²) in [5.74, 6) is -0.107. The van der Waals surface area contributed by atoms with E-state index in [4.69, 9.17) is 23.4 Å². The molecule has 5 aromatic rings. The molecule has 1 amide bonds. The molecule has 11 heteroatoms. The summed E-state index contributed by atoms with van der Waals surface area (Å²) in [5, 5.41) is 12.2. The van der Waals surface area contributed by atoms with E-state index in [0.29, 0.717) is 63.4 Å². The number of benzene rings is 3. The third kappa shape index (κ3) is 4.81. The average molecular weight is 601 g/mol. The number of furan rings is 1. The number of nitrogens with zero attached hydrogens (tertiary/aromatic N) is 2. The summed E-state index contributed by atoms with van der Waals surface area (Å²) in [7, 11) is 3.07. The molecular weight excluding hydrogens is 572 g/mol. The summed E-state index contributed by atoms with van der Waals surface area (Å²) < 4.78 is 29.0. The minimum atomic E-state index is -1.05. The Balaban J connectivity index is 1.52. The van der Waals surface area contributed by atoms with Gasteiger partial charge in [0.25, 0.3) is 5.91 Å². The fourth-order valence-electron chi connectivity index (χ4n) is 5.15. The highest BCUT2D eigenvalue weighted by atomic mass is 32.1. The smallest absolute Gasteiger partial charge is 0.296 e. The summed E-state index contributed by atoms with van der Waals surface area (Å²) in [6.45, 7) is 4.50. The Morgan fingerprint density at radius 3 is 2.51 bits per heavy atom. The lowest BCUT2D eigenvalue weighted by atomic mass is 9.95. The molecule has 0 aliphatic carbocycles. The van der Waals surface area contributed by atoms with Crippen LogP contribution >= 0.6 is 11.3 Å². The lowest BCUT2D eigenvalue weighted by Gasteiger charge is -2.25. The van der Waals surface area contributed by atoms with Crippen molar-refractivity contribution in [1.29, 1.82) is 0 Å². The SMILES string of the molecule is CCOc1ccc(C2C(C(=O)c3cc4cccc(OC)c4o3)=C(O)C(=O)N2c2nc3ccc(OC)cc3s2)cc1OCC. The molecule has 1 atom stereocenters. The number of hydrogen-bond acceptors (Lipinski definition) is 10. The minimum absolute atomic E-state index is 0.0503. The Morgan fingerprint density at radius 2 is 1.77 bits per heavy atom. The molecule has 0 spiro atoms. The number of ether oxygens (including phenoxy) is 4. The monoisotopic (exact) mass is 600 g/mol. The number of aliphatic hydroxyl groups is 1. The van der Waals surface area contributed by atoms with E-state index in [1.165, 1.54) is 23.3 Å². The summed E-state index contributed by atoms with van der Waals surface area (Å²) in [4.78, 5) is 33.9. The zero-order valence-electron chi connectivity index (χ0n) is 23.9. The van der Waals surface area contributed by atoms with Gasteiger partial charge in [-0.3, -0.25) is 14.5 Å². The molecule has 1 unspecified atom stereocenters. The zero-order chi connectivity index (χ0) is 30.2. The molecule has 10 nitrogen and oxygen atoms in total. The molecule has 3 aromatic carbocycles. The van der Waals surface area contributed by atoms with E-state index in [-0.39, 0.29) is 11.3 Å². The maximum absolute atomic E-state index is 14.1. The van der Waals surface area contributed by atoms with Gasteiger partial charge in [0, 0.05) is 5.39 Å². The standard InChI is InChI=1S/C32H28N2O8S/c1-5-40-21-13-10-17(14-23(21)41-6-2)27-26(28(35)24-15-18-8-7-9-22(39-4)30(18)42-24)29(36)31(37)34(27)32-33-20-12-11-19(38-3)16-25(20)43-32/h7-16,27,36H,5-6H2,1-4H3. The Hall–Kier alpha value is -5.03. The van der Waals surface area contributed by atoms with E-state index in [0.717, 1.165) is 4.70 Å². The number of aromatic nitrogens is 1. The van der Waals surface area contributed by atoms with Gasteiger partial charge in [0.05, 0.1) is 49.3 Å². The fourth-order valence-corrected chi connectivity index (χ4v) is 6.17. The predicted molar refractivity (Wildman–Crippen MR) is 162 cm³/mol. The second-order valence-corrected chi connectivity index (χ2v) is 10.6. The molecule has 1 aliphatic rings. The van der Waals surface area contributed by atoms with E-state index < -0.39 is 23.5 Å². The van der Waals surface area contributed by atoms with E-state index >= 15 is 0 Å². The molecule has 43 heavy (non-hydrogen) atoms. The highest BCUT2D eigenvalue weighted by Gasteiger charge is 2.47. The Morgan fingerprint density at radius 1 is 0.977 bits per heavy atom. The van der Waals surface area contributed by atoms with Crippen LogP contribution in [0.2, 0.25) is 0 Å². The van der Waals surface area contributed by atoms with Crippen LogP contribution in [-0.4, -0.2) is 49.2 Å². The molecular formula is C32H28N2O8S. The van der Waals surface area contributed by atoms with Crippen LogP contribution in [0, 0.1) is 0 Å². The third-order valence-electron chi connectivity index (χ3n) is 7.08. The van der Waals surface area contributed by atoms with Crippen molar-refractivity contribution in [2.45, 2.75) is 19.9 Å². The first-order valence-corrected chi connectivity index (χ1v) is 14.4. The normalized spacial score (nSPS) is 15.0. The summed E-state index contributed by atoms with van der Waals surface area (Å²) >= 11 is 1.24. The molecule has 3 heterocycles. The average Bonchev–Trinajstić information content (AvgIpc) is 3.71. The van der Waals surface area contributed by atoms with E-state index in [2.05, 4.69) is 4.98 Å². The molecule has 6 rings (SSSR count). The van der Waals surface area contributed by atoms with Crippen LogP contribution in [0.5, 0.6) is 23.0 Å². The van der Waals surface area contributed by atoms with Gasteiger partial charge in [-0.15, -0.1) is 0 Å².